The molecular weight excluding hydrogens is 226 g/mol. The Bertz CT molecular complexity index is 376. The molecule has 0 spiro atoms. The van der Waals surface area contributed by atoms with Crippen molar-refractivity contribution in [3.8, 4) is 0 Å². The zero-order valence-corrected chi connectivity index (χ0v) is 10.8. The van der Waals surface area contributed by atoms with Gasteiger partial charge in [-0.3, -0.25) is 4.79 Å². The smallest absolute Gasteiger partial charge is 0.303 e. The SMILES string of the molecule is O=C(O)CCCCN1CCc2ccccc2CC1. The summed E-state index contributed by atoms with van der Waals surface area (Å²) in [7, 11) is 0. The van der Waals surface area contributed by atoms with E-state index in [1.54, 1.807) is 0 Å². The van der Waals surface area contributed by atoms with Gasteiger partial charge in [0.1, 0.15) is 0 Å². The van der Waals surface area contributed by atoms with Gasteiger partial charge in [-0.15, -0.1) is 0 Å². The zero-order chi connectivity index (χ0) is 12.8. The summed E-state index contributed by atoms with van der Waals surface area (Å²) in [6.07, 6.45) is 4.32. The number of unbranched alkanes of at least 4 members (excludes halogenated alkanes) is 1. The van der Waals surface area contributed by atoms with Crippen LogP contribution in [0.5, 0.6) is 0 Å². The summed E-state index contributed by atoms with van der Waals surface area (Å²) in [5.41, 5.74) is 2.95. The highest BCUT2D eigenvalue weighted by Crippen LogP contribution is 2.15. The quantitative estimate of drug-likeness (QED) is 0.812. The maximum atomic E-state index is 10.4. The summed E-state index contributed by atoms with van der Waals surface area (Å²) < 4.78 is 0. The van der Waals surface area contributed by atoms with E-state index in [-0.39, 0.29) is 0 Å². The molecule has 1 aromatic carbocycles. The van der Waals surface area contributed by atoms with Crippen LogP contribution in [0.25, 0.3) is 0 Å². The van der Waals surface area contributed by atoms with E-state index in [0.717, 1.165) is 45.3 Å². The molecule has 0 atom stereocenters. The highest BCUT2D eigenvalue weighted by atomic mass is 16.4. The van der Waals surface area contributed by atoms with Crippen molar-refractivity contribution in [1.29, 1.82) is 0 Å². The van der Waals surface area contributed by atoms with Gasteiger partial charge in [-0.05, 0) is 43.4 Å². The first-order valence-corrected chi connectivity index (χ1v) is 6.76. The Morgan fingerprint density at radius 3 is 2.28 bits per heavy atom. The lowest BCUT2D eigenvalue weighted by Crippen LogP contribution is -2.27. The van der Waals surface area contributed by atoms with Gasteiger partial charge in [0.15, 0.2) is 0 Å². The van der Waals surface area contributed by atoms with Crippen molar-refractivity contribution < 1.29 is 9.90 Å². The van der Waals surface area contributed by atoms with Crippen LogP contribution in [0.15, 0.2) is 24.3 Å². The first-order valence-electron chi connectivity index (χ1n) is 6.76. The van der Waals surface area contributed by atoms with E-state index in [1.165, 1.54) is 11.1 Å². The molecule has 1 N–H and O–H groups in total. The lowest BCUT2D eigenvalue weighted by molar-refractivity contribution is -0.137. The molecule has 3 heteroatoms. The van der Waals surface area contributed by atoms with Crippen LogP contribution in [-0.4, -0.2) is 35.6 Å². The Labute approximate surface area is 108 Å². The van der Waals surface area contributed by atoms with Gasteiger partial charge in [-0.2, -0.15) is 0 Å². The predicted octanol–water partition coefficient (Wildman–Crippen LogP) is 2.34. The molecule has 0 amide bonds. The summed E-state index contributed by atoms with van der Waals surface area (Å²) >= 11 is 0. The van der Waals surface area contributed by atoms with E-state index >= 15 is 0 Å². The van der Waals surface area contributed by atoms with Gasteiger partial charge in [0.2, 0.25) is 0 Å². The number of hydrogen-bond acceptors (Lipinski definition) is 2. The van der Waals surface area contributed by atoms with Gasteiger partial charge < -0.3 is 10.0 Å². The number of aliphatic carboxylic acids is 1. The summed E-state index contributed by atoms with van der Waals surface area (Å²) in [6, 6.07) is 8.68. The number of rotatable bonds is 5. The Morgan fingerprint density at radius 2 is 1.72 bits per heavy atom. The normalized spacial score (nSPS) is 16.0. The molecule has 3 nitrogen and oxygen atoms in total. The van der Waals surface area contributed by atoms with Crippen LogP contribution in [-0.2, 0) is 17.6 Å². The zero-order valence-electron chi connectivity index (χ0n) is 10.8. The molecule has 0 saturated heterocycles. The minimum Gasteiger partial charge on any atom is -0.481 e. The fraction of sp³-hybridized carbons (Fsp3) is 0.533. The molecule has 0 saturated carbocycles. The topological polar surface area (TPSA) is 40.5 Å². The highest BCUT2D eigenvalue weighted by Gasteiger charge is 2.12. The molecule has 2 rings (SSSR count). The monoisotopic (exact) mass is 247 g/mol. The highest BCUT2D eigenvalue weighted by molar-refractivity contribution is 5.66. The summed E-state index contributed by atoms with van der Waals surface area (Å²) in [6.45, 7) is 3.23. The molecule has 18 heavy (non-hydrogen) atoms. The van der Waals surface area contributed by atoms with Crippen LogP contribution in [0.2, 0.25) is 0 Å². The lowest BCUT2D eigenvalue weighted by Gasteiger charge is -2.19. The van der Waals surface area contributed by atoms with E-state index in [1.807, 2.05) is 0 Å². The van der Waals surface area contributed by atoms with Gasteiger partial charge in [0, 0.05) is 19.5 Å². The van der Waals surface area contributed by atoms with E-state index in [4.69, 9.17) is 5.11 Å². The Morgan fingerprint density at radius 1 is 1.11 bits per heavy atom. The van der Waals surface area contributed by atoms with Crippen molar-refractivity contribution >= 4 is 5.97 Å². The Hall–Kier alpha value is -1.35. The third-order valence-corrected chi connectivity index (χ3v) is 3.63. The van der Waals surface area contributed by atoms with E-state index in [9.17, 15) is 4.79 Å². The molecular formula is C15H21NO2. The third kappa shape index (κ3) is 3.84. The molecule has 98 valence electrons. The second-order valence-corrected chi connectivity index (χ2v) is 4.96. The molecule has 0 fully saturated rings. The minimum absolute atomic E-state index is 0.300. The number of carboxylic acid groups (broad SMARTS) is 1. The summed E-state index contributed by atoms with van der Waals surface area (Å²) in [4.78, 5) is 12.9. The first-order chi connectivity index (χ1) is 8.75. The fourth-order valence-corrected chi connectivity index (χ4v) is 2.55. The second-order valence-electron chi connectivity index (χ2n) is 4.96. The van der Waals surface area contributed by atoms with Gasteiger partial charge in [0.05, 0.1) is 0 Å². The number of benzene rings is 1. The second kappa shape index (κ2) is 6.55. The molecule has 0 aromatic heterocycles. The minimum atomic E-state index is -0.682. The average molecular weight is 247 g/mol. The molecule has 1 aliphatic heterocycles. The largest absolute Gasteiger partial charge is 0.481 e. The van der Waals surface area contributed by atoms with Crippen LogP contribution in [0.3, 0.4) is 0 Å². The van der Waals surface area contributed by atoms with Crippen LogP contribution >= 0.6 is 0 Å². The van der Waals surface area contributed by atoms with Gasteiger partial charge in [0.25, 0.3) is 0 Å². The molecule has 1 aromatic rings. The molecule has 0 radical (unpaired) electrons. The summed E-state index contributed by atoms with van der Waals surface area (Å²) in [5, 5.41) is 8.60. The van der Waals surface area contributed by atoms with Crippen molar-refractivity contribution in [1.82, 2.24) is 4.90 Å². The first kappa shape index (κ1) is 13.1. The van der Waals surface area contributed by atoms with Crippen molar-refractivity contribution in [2.45, 2.75) is 32.1 Å². The predicted molar refractivity (Wildman–Crippen MR) is 71.8 cm³/mol. The number of carboxylic acids is 1. The van der Waals surface area contributed by atoms with Gasteiger partial charge >= 0.3 is 5.97 Å². The lowest BCUT2D eigenvalue weighted by atomic mass is 10.0. The van der Waals surface area contributed by atoms with Crippen LogP contribution in [0.4, 0.5) is 0 Å². The molecule has 0 unspecified atom stereocenters. The number of carbonyl (C=O) groups is 1. The maximum absolute atomic E-state index is 10.4. The van der Waals surface area contributed by atoms with Gasteiger partial charge in [-0.1, -0.05) is 24.3 Å². The van der Waals surface area contributed by atoms with Crippen LogP contribution in [0, 0.1) is 0 Å². The molecule has 0 bridgehead atoms. The van der Waals surface area contributed by atoms with Crippen LogP contribution in [0.1, 0.15) is 30.4 Å². The summed E-state index contributed by atoms with van der Waals surface area (Å²) in [5.74, 6) is -0.682. The van der Waals surface area contributed by atoms with Crippen molar-refractivity contribution in [2.24, 2.45) is 0 Å². The van der Waals surface area contributed by atoms with Crippen LogP contribution < -0.4 is 0 Å². The molecule has 1 heterocycles. The number of nitrogens with zero attached hydrogens (tertiary/aromatic N) is 1. The average Bonchev–Trinajstić information content (AvgIpc) is 2.57. The molecule has 1 aliphatic rings. The maximum Gasteiger partial charge on any atom is 0.303 e. The number of fused-ring (bicyclic) bond motifs is 1. The fourth-order valence-electron chi connectivity index (χ4n) is 2.55. The van der Waals surface area contributed by atoms with Crippen molar-refractivity contribution in [3.05, 3.63) is 35.4 Å². The third-order valence-electron chi connectivity index (χ3n) is 3.63. The van der Waals surface area contributed by atoms with Crippen molar-refractivity contribution in [3.63, 3.8) is 0 Å². The van der Waals surface area contributed by atoms with Crippen molar-refractivity contribution in [2.75, 3.05) is 19.6 Å². The van der Waals surface area contributed by atoms with E-state index in [0.29, 0.717) is 6.42 Å². The Balaban J connectivity index is 1.76. The van der Waals surface area contributed by atoms with E-state index in [2.05, 4.69) is 29.2 Å². The Kier molecular flexibility index (Phi) is 4.76. The van der Waals surface area contributed by atoms with E-state index < -0.39 is 5.97 Å². The van der Waals surface area contributed by atoms with Gasteiger partial charge in [-0.25, -0.2) is 0 Å². The standard InChI is InChI=1S/C15H21NO2/c17-15(18)7-3-4-10-16-11-8-13-5-1-2-6-14(13)9-12-16/h1-2,5-6H,3-4,7-12H2,(H,17,18). The molecule has 0 aliphatic carbocycles. The number of hydrogen-bond donors (Lipinski definition) is 1.